The molecule has 0 saturated carbocycles. The minimum Gasteiger partial charge on any atom is -0.799 e. The largest absolute Gasteiger partial charge is 1.00 e. The quantitative estimate of drug-likeness (QED) is 0.331. The molecule has 0 bridgehead atoms. The molecule has 0 aromatic heterocycles. The van der Waals surface area contributed by atoms with Crippen LogP contribution in [0.2, 0.25) is 0 Å². The van der Waals surface area contributed by atoms with Crippen molar-refractivity contribution >= 4 is 13.3 Å². The van der Waals surface area contributed by atoms with Crippen LogP contribution in [0, 0.1) is 0 Å². The van der Waals surface area contributed by atoms with Gasteiger partial charge < -0.3 is 19.4 Å². The number of hydrogen-bond donors (Lipinski definition) is 0. The predicted octanol–water partition coefficient (Wildman–Crippen LogP) is -7.60. The Kier molecular flexibility index (Phi) is 13.9. The average Bonchev–Trinajstić information content (AvgIpc) is 1.63. The maximum atomic E-state index is 10.4. The number of hydrogen-bond acceptors (Lipinski definition) is 4. The van der Waals surface area contributed by atoms with Crippen molar-refractivity contribution in [3.63, 3.8) is 0 Å². The van der Waals surface area contributed by atoms with Crippen molar-refractivity contribution in [1.82, 2.24) is 0 Å². The monoisotopic (exact) mass is 196 g/mol. The normalized spacial score (nSPS) is 13.6. The van der Waals surface area contributed by atoms with Crippen LogP contribution in [0.4, 0.5) is 0 Å². The van der Waals surface area contributed by atoms with Crippen LogP contribution in [0.15, 0.2) is 0 Å². The molecule has 0 saturated heterocycles. The van der Waals surface area contributed by atoms with Crippen molar-refractivity contribution in [3.8, 4) is 0 Å². The summed E-state index contributed by atoms with van der Waals surface area (Å²) in [6.07, 6.45) is -0.968. The van der Waals surface area contributed by atoms with E-state index >= 15 is 0 Å². The molecule has 0 aromatic carbocycles. The number of rotatable bonds is 3. The van der Waals surface area contributed by atoms with E-state index in [0.717, 1.165) is 0 Å². The van der Waals surface area contributed by atoms with Gasteiger partial charge in [-0.3, -0.25) is 0 Å². The van der Waals surface area contributed by atoms with Gasteiger partial charge in [-0.15, -0.1) is 0 Å². The van der Waals surface area contributed by atoms with Crippen LogP contribution in [0.1, 0.15) is 6.92 Å². The van der Waals surface area contributed by atoms with Crippen LogP contribution in [-0.2, 0) is 9.36 Å². The third-order valence-electron chi connectivity index (χ3n) is 0.852. The summed E-state index contributed by atoms with van der Waals surface area (Å²) in [7, 11) is -3.64. The summed E-state index contributed by atoms with van der Waals surface area (Å²) >= 11 is 0. The smallest absolute Gasteiger partial charge is 0.799 e. The molecule has 7 heteroatoms. The van der Waals surface area contributed by atoms with Gasteiger partial charge in [-0.25, -0.2) is 0 Å². The summed E-state index contributed by atoms with van der Waals surface area (Å²) in [5, 5.41) is 9.69. The summed E-state index contributed by atoms with van der Waals surface area (Å²) < 4.78 is 10.4. The van der Waals surface area contributed by atoms with Gasteiger partial charge in [0.05, 0.1) is 0 Å². The van der Waals surface area contributed by atoms with Gasteiger partial charge in [-0.05, 0) is 6.16 Å². The summed E-state index contributed by atoms with van der Waals surface area (Å²) in [6.45, 7) is 1.40. The van der Waals surface area contributed by atoms with E-state index in [4.69, 9.17) is 0 Å². The molecule has 0 fully saturated rings. The van der Waals surface area contributed by atoms with Crippen LogP contribution in [-0.4, -0.2) is 18.3 Å². The maximum Gasteiger partial charge on any atom is 1.00 e. The van der Waals surface area contributed by atoms with E-state index < -0.39 is 19.5 Å². The number of carbonyl (C=O) groups excluding carboxylic acids is 1. The number of carboxylic acids is 1. The van der Waals surface area contributed by atoms with Crippen molar-refractivity contribution < 1.29 is 78.5 Å². The fourth-order valence-electron chi connectivity index (χ4n) is 0.308. The van der Waals surface area contributed by atoms with E-state index in [9.17, 15) is 19.4 Å². The second-order valence-electron chi connectivity index (χ2n) is 1.66. The van der Waals surface area contributed by atoms with Crippen LogP contribution in [0.5, 0.6) is 0 Å². The Labute approximate surface area is 110 Å². The molecule has 0 aliphatic rings. The SMILES string of the molecule is CCP(=O)([O-])CC(=O)[O-].[Na+].[Na+]. The van der Waals surface area contributed by atoms with E-state index in [-0.39, 0.29) is 65.3 Å². The van der Waals surface area contributed by atoms with Gasteiger partial charge in [0, 0.05) is 19.5 Å². The molecule has 0 amide bonds. The Morgan fingerprint density at radius 1 is 1.45 bits per heavy atom. The van der Waals surface area contributed by atoms with Crippen LogP contribution in [0.3, 0.4) is 0 Å². The third-order valence-corrected chi connectivity index (χ3v) is 2.56. The zero-order valence-corrected chi connectivity index (χ0v) is 11.9. The topological polar surface area (TPSA) is 80.3 Å². The van der Waals surface area contributed by atoms with Crippen molar-refractivity contribution in [2.45, 2.75) is 6.92 Å². The molecule has 0 radical (unpaired) electrons. The van der Waals surface area contributed by atoms with Gasteiger partial charge in [0.1, 0.15) is 0 Å². The Morgan fingerprint density at radius 2 is 1.82 bits per heavy atom. The summed E-state index contributed by atoms with van der Waals surface area (Å²) in [5.41, 5.74) is 0. The molecule has 0 aliphatic heterocycles. The number of carbonyl (C=O) groups is 1. The van der Waals surface area contributed by atoms with Crippen molar-refractivity contribution in [2.24, 2.45) is 0 Å². The molecule has 0 aromatic rings. The standard InChI is InChI=1S/C4H9O4P.2Na/c1-2-9(7,8)3-4(5)6;;/h2-3H2,1H3,(H,5,6)(H,7,8);;/q;2*+1/p-2. The van der Waals surface area contributed by atoms with Gasteiger partial charge in [0.25, 0.3) is 0 Å². The van der Waals surface area contributed by atoms with E-state index in [2.05, 4.69) is 0 Å². The zero-order valence-electron chi connectivity index (χ0n) is 6.99. The molecule has 11 heavy (non-hydrogen) atoms. The Bertz CT molecular complexity index is 160. The van der Waals surface area contributed by atoms with Crippen LogP contribution >= 0.6 is 7.37 Å². The summed E-state index contributed by atoms with van der Waals surface area (Å²) in [6, 6.07) is 0. The van der Waals surface area contributed by atoms with Gasteiger partial charge >= 0.3 is 59.1 Å². The maximum absolute atomic E-state index is 10.4. The Morgan fingerprint density at radius 3 is 1.91 bits per heavy atom. The second-order valence-corrected chi connectivity index (χ2v) is 4.24. The summed E-state index contributed by atoms with van der Waals surface area (Å²) in [4.78, 5) is 20.1. The molecule has 1 unspecified atom stereocenters. The Balaban J connectivity index is -0.000000320. The van der Waals surface area contributed by atoms with Gasteiger partial charge in [0.15, 0.2) is 0 Å². The minimum atomic E-state index is -3.64. The molecule has 0 N–H and O–H groups in total. The fourth-order valence-corrected chi connectivity index (χ4v) is 0.925. The van der Waals surface area contributed by atoms with Crippen molar-refractivity contribution in [2.75, 3.05) is 12.3 Å². The molecule has 0 spiro atoms. The average molecular weight is 196 g/mol. The molecule has 1 atom stereocenters. The molecular weight excluding hydrogens is 189 g/mol. The molecule has 4 nitrogen and oxygen atoms in total. The van der Waals surface area contributed by atoms with Gasteiger partial charge in [-0.2, -0.15) is 0 Å². The number of carboxylic acid groups (broad SMARTS) is 1. The van der Waals surface area contributed by atoms with Gasteiger partial charge in [-0.1, -0.05) is 6.92 Å². The van der Waals surface area contributed by atoms with Crippen molar-refractivity contribution in [1.29, 1.82) is 0 Å². The first-order valence-electron chi connectivity index (χ1n) is 2.47. The first-order chi connectivity index (χ1) is 3.98. The van der Waals surface area contributed by atoms with E-state index in [1.807, 2.05) is 0 Å². The molecule has 0 rings (SSSR count). The first-order valence-corrected chi connectivity index (χ1v) is 4.46. The van der Waals surface area contributed by atoms with Gasteiger partial charge in [0.2, 0.25) is 0 Å². The fraction of sp³-hybridized carbons (Fsp3) is 0.750. The zero-order chi connectivity index (χ0) is 7.49. The molecule has 0 aliphatic carbocycles. The van der Waals surface area contributed by atoms with Crippen LogP contribution in [0.25, 0.3) is 0 Å². The van der Waals surface area contributed by atoms with E-state index in [1.54, 1.807) is 0 Å². The molecule has 54 valence electrons. The minimum absolute atomic E-state index is 0. The van der Waals surface area contributed by atoms with Crippen molar-refractivity contribution in [3.05, 3.63) is 0 Å². The molecular formula is C4H7Na2O4P. The third kappa shape index (κ3) is 11.7. The molecule has 0 heterocycles. The van der Waals surface area contributed by atoms with Crippen LogP contribution < -0.4 is 69.1 Å². The van der Waals surface area contributed by atoms with E-state index in [1.165, 1.54) is 6.92 Å². The Hall–Kier alpha value is 1.66. The second kappa shape index (κ2) is 8.27. The van der Waals surface area contributed by atoms with E-state index in [0.29, 0.717) is 0 Å². The summed E-state index contributed by atoms with van der Waals surface area (Å²) in [5.74, 6) is -1.53. The first kappa shape index (κ1) is 18.4. The predicted molar refractivity (Wildman–Crippen MR) is 28.0 cm³/mol. The number of aliphatic carboxylic acids is 1.